The van der Waals surface area contributed by atoms with E-state index in [4.69, 9.17) is 4.42 Å². The molecule has 2 aromatic rings. The van der Waals surface area contributed by atoms with E-state index in [0.717, 1.165) is 48.0 Å². The molecule has 0 aliphatic rings. The summed E-state index contributed by atoms with van der Waals surface area (Å²) in [6.07, 6.45) is 3.94. The molecule has 0 saturated heterocycles. The molecule has 0 spiro atoms. The second-order valence-corrected chi connectivity index (χ2v) is 4.28. The molecule has 0 atom stereocenters. The Bertz CT molecular complexity index is 485. The zero-order valence-corrected chi connectivity index (χ0v) is 10.6. The number of aromatic amines is 1. The minimum absolute atomic E-state index is 0.934. The largest absolute Gasteiger partial charge is 0.466 e. The highest BCUT2D eigenvalue weighted by Crippen LogP contribution is 2.24. The number of H-pyrrole nitrogens is 1. The van der Waals surface area contributed by atoms with Crippen molar-refractivity contribution >= 4 is 0 Å². The van der Waals surface area contributed by atoms with Crippen molar-refractivity contribution in [1.82, 2.24) is 15.3 Å². The van der Waals surface area contributed by atoms with Crippen molar-refractivity contribution in [3.05, 3.63) is 29.6 Å². The van der Waals surface area contributed by atoms with E-state index in [1.807, 2.05) is 33.2 Å². The summed E-state index contributed by atoms with van der Waals surface area (Å²) in [6, 6.07) is 2.04. The van der Waals surface area contributed by atoms with Crippen molar-refractivity contribution in [2.24, 2.45) is 0 Å². The predicted molar refractivity (Wildman–Crippen MR) is 68.0 cm³/mol. The van der Waals surface area contributed by atoms with Crippen LogP contribution in [-0.4, -0.2) is 23.6 Å². The van der Waals surface area contributed by atoms with Crippen LogP contribution in [0.25, 0.3) is 11.3 Å². The maximum absolute atomic E-state index is 5.52. The molecule has 2 rings (SSSR count). The molecule has 17 heavy (non-hydrogen) atoms. The fourth-order valence-corrected chi connectivity index (χ4v) is 1.96. The summed E-state index contributed by atoms with van der Waals surface area (Å²) in [5.74, 6) is 2.91. The van der Waals surface area contributed by atoms with Crippen molar-refractivity contribution in [2.75, 3.05) is 13.6 Å². The number of hydrogen-bond donors (Lipinski definition) is 2. The van der Waals surface area contributed by atoms with Crippen LogP contribution in [0, 0.1) is 13.8 Å². The van der Waals surface area contributed by atoms with Crippen LogP contribution >= 0.6 is 0 Å². The Kier molecular flexibility index (Phi) is 3.64. The quantitative estimate of drug-likeness (QED) is 0.780. The Morgan fingerprint density at radius 3 is 2.88 bits per heavy atom. The third-order valence-electron chi connectivity index (χ3n) is 2.80. The van der Waals surface area contributed by atoms with Gasteiger partial charge in [0.2, 0.25) is 0 Å². The number of rotatable bonds is 5. The van der Waals surface area contributed by atoms with E-state index in [-0.39, 0.29) is 0 Å². The van der Waals surface area contributed by atoms with E-state index >= 15 is 0 Å². The third kappa shape index (κ3) is 2.77. The summed E-state index contributed by atoms with van der Waals surface area (Å²) < 4.78 is 5.52. The zero-order valence-electron chi connectivity index (χ0n) is 10.6. The first-order valence-electron chi connectivity index (χ1n) is 5.96. The minimum Gasteiger partial charge on any atom is -0.466 e. The summed E-state index contributed by atoms with van der Waals surface area (Å²) >= 11 is 0. The monoisotopic (exact) mass is 233 g/mol. The first kappa shape index (κ1) is 11.9. The molecule has 0 amide bonds. The summed E-state index contributed by atoms with van der Waals surface area (Å²) in [4.78, 5) is 7.73. The third-order valence-corrected chi connectivity index (χ3v) is 2.80. The van der Waals surface area contributed by atoms with Crippen LogP contribution in [0.1, 0.15) is 23.8 Å². The van der Waals surface area contributed by atoms with Crippen LogP contribution in [0.5, 0.6) is 0 Å². The standard InChI is InChI=1S/C13H19N3O/c1-9-7-11(10(2)17-9)12-8-15-13(16-12)5-4-6-14-3/h7-8,14H,4-6H2,1-3H3,(H,15,16). The Balaban J connectivity index is 2.10. The number of hydrogen-bond acceptors (Lipinski definition) is 3. The number of imidazole rings is 1. The van der Waals surface area contributed by atoms with Gasteiger partial charge in [0.15, 0.2) is 0 Å². The van der Waals surface area contributed by atoms with Crippen LogP contribution < -0.4 is 5.32 Å². The molecule has 0 bridgehead atoms. The summed E-state index contributed by atoms with van der Waals surface area (Å²) in [7, 11) is 1.96. The molecule has 0 unspecified atom stereocenters. The lowest BCUT2D eigenvalue weighted by Gasteiger charge is -1.97. The lowest BCUT2D eigenvalue weighted by atomic mass is 10.2. The highest BCUT2D eigenvalue weighted by atomic mass is 16.3. The number of furan rings is 1. The summed E-state index contributed by atoms with van der Waals surface area (Å²) in [6.45, 7) is 4.95. The highest BCUT2D eigenvalue weighted by Gasteiger charge is 2.09. The average Bonchev–Trinajstić information content (AvgIpc) is 2.86. The van der Waals surface area contributed by atoms with Crippen molar-refractivity contribution in [3.63, 3.8) is 0 Å². The van der Waals surface area contributed by atoms with Gasteiger partial charge in [-0.3, -0.25) is 0 Å². The second-order valence-electron chi connectivity index (χ2n) is 4.28. The highest BCUT2D eigenvalue weighted by molar-refractivity contribution is 5.61. The molecule has 4 nitrogen and oxygen atoms in total. The first-order chi connectivity index (χ1) is 8.20. The topological polar surface area (TPSA) is 53.9 Å². The molecule has 2 N–H and O–H groups in total. The Morgan fingerprint density at radius 2 is 2.24 bits per heavy atom. The van der Waals surface area contributed by atoms with E-state index in [2.05, 4.69) is 15.3 Å². The van der Waals surface area contributed by atoms with E-state index in [0.29, 0.717) is 0 Å². The second kappa shape index (κ2) is 5.19. The fraction of sp³-hybridized carbons (Fsp3) is 0.462. The summed E-state index contributed by atoms with van der Waals surface area (Å²) in [5, 5.41) is 3.13. The van der Waals surface area contributed by atoms with Gasteiger partial charge in [0.05, 0.1) is 11.9 Å². The molecule has 0 aliphatic carbocycles. The van der Waals surface area contributed by atoms with Gasteiger partial charge in [0, 0.05) is 12.0 Å². The Hall–Kier alpha value is -1.55. The van der Waals surface area contributed by atoms with Crippen LogP contribution in [0.4, 0.5) is 0 Å². The van der Waals surface area contributed by atoms with Crippen molar-refractivity contribution in [2.45, 2.75) is 26.7 Å². The number of nitrogens with one attached hydrogen (secondary N) is 2. The normalized spacial score (nSPS) is 11.0. The SMILES string of the molecule is CNCCCc1ncc(-c2cc(C)oc2C)[nH]1. The molecule has 4 heteroatoms. The van der Waals surface area contributed by atoms with Gasteiger partial charge in [-0.1, -0.05) is 0 Å². The van der Waals surface area contributed by atoms with E-state index in [9.17, 15) is 0 Å². The maximum Gasteiger partial charge on any atom is 0.110 e. The number of nitrogens with zero attached hydrogens (tertiary/aromatic N) is 1. The van der Waals surface area contributed by atoms with Gasteiger partial charge in [-0.2, -0.15) is 0 Å². The van der Waals surface area contributed by atoms with Crippen LogP contribution in [0.15, 0.2) is 16.7 Å². The molecule has 0 saturated carbocycles. The predicted octanol–water partition coefficient (Wildman–Crippen LogP) is 2.44. The van der Waals surface area contributed by atoms with Crippen molar-refractivity contribution in [3.8, 4) is 11.3 Å². The van der Waals surface area contributed by atoms with Gasteiger partial charge in [-0.25, -0.2) is 4.98 Å². The van der Waals surface area contributed by atoms with Gasteiger partial charge in [0.1, 0.15) is 17.3 Å². The van der Waals surface area contributed by atoms with Gasteiger partial charge >= 0.3 is 0 Å². The summed E-state index contributed by atoms with van der Waals surface area (Å²) in [5.41, 5.74) is 2.15. The lowest BCUT2D eigenvalue weighted by molar-refractivity contribution is 0.505. The minimum atomic E-state index is 0.934. The Morgan fingerprint density at radius 1 is 1.41 bits per heavy atom. The first-order valence-corrected chi connectivity index (χ1v) is 5.96. The van der Waals surface area contributed by atoms with Crippen LogP contribution in [-0.2, 0) is 6.42 Å². The smallest absolute Gasteiger partial charge is 0.110 e. The van der Waals surface area contributed by atoms with Gasteiger partial charge < -0.3 is 14.7 Å². The molecule has 2 heterocycles. The molecule has 0 aliphatic heterocycles. The van der Waals surface area contributed by atoms with E-state index < -0.39 is 0 Å². The van der Waals surface area contributed by atoms with Crippen molar-refractivity contribution in [1.29, 1.82) is 0 Å². The molecule has 0 radical (unpaired) electrons. The average molecular weight is 233 g/mol. The van der Waals surface area contributed by atoms with E-state index in [1.165, 1.54) is 0 Å². The van der Waals surface area contributed by atoms with Gasteiger partial charge in [-0.15, -0.1) is 0 Å². The van der Waals surface area contributed by atoms with Crippen molar-refractivity contribution < 1.29 is 4.42 Å². The Labute approximate surface area is 101 Å². The molecule has 92 valence electrons. The molecular formula is C13H19N3O. The van der Waals surface area contributed by atoms with Gasteiger partial charge in [0.25, 0.3) is 0 Å². The number of aryl methyl sites for hydroxylation is 3. The van der Waals surface area contributed by atoms with Crippen LogP contribution in [0.3, 0.4) is 0 Å². The van der Waals surface area contributed by atoms with E-state index in [1.54, 1.807) is 0 Å². The number of aromatic nitrogens is 2. The fourth-order valence-electron chi connectivity index (χ4n) is 1.96. The lowest BCUT2D eigenvalue weighted by Crippen LogP contribution is -2.08. The molecule has 2 aromatic heterocycles. The molecule has 0 aromatic carbocycles. The zero-order chi connectivity index (χ0) is 12.3. The maximum atomic E-state index is 5.52. The van der Waals surface area contributed by atoms with Crippen LogP contribution in [0.2, 0.25) is 0 Å². The molecule has 0 fully saturated rings. The molecular weight excluding hydrogens is 214 g/mol. The van der Waals surface area contributed by atoms with Gasteiger partial charge in [-0.05, 0) is 39.9 Å².